The van der Waals surface area contributed by atoms with Gasteiger partial charge in [-0.2, -0.15) is 0 Å². The molecule has 0 fully saturated rings. The van der Waals surface area contributed by atoms with Crippen molar-refractivity contribution in [1.29, 1.82) is 0 Å². The third-order valence-electron chi connectivity index (χ3n) is 2.76. The minimum Gasteiger partial charge on any atom is -0.545 e. The molecule has 0 unspecified atom stereocenters. The van der Waals surface area contributed by atoms with E-state index in [4.69, 9.17) is 0 Å². The van der Waals surface area contributed by atoms with Crippen molar-refractivity contribution in [3.63, 3.8) is 0 Å². The number of carboxylic acids is 2. The Balaban J connectivity index is 0.00000180. The molecule has 0 heterocycles. The van der Waals surface area contributed by atoms with Crippen molar-refractivity contribution in [2.75, 3.05) is 0 Å². The fourth-order valence-electron chi connectivity index (χ4n) is 1.94. The van der Waals surface area contributed by atoms with Gasteiger partial charge in [0.2, 0.25) is 0 Å². The van der Waals surface area contributed by atoms with E-state index >= 15 is 0 Å². The first-order valence-corrected chi connectivity index (χ1v) is 5.11. The summed E-state index contributed by atoms with van der Waals surface area (Å²) in [5.41, 5.74) is -0.237. The number of aromatic carboxylic acids is 2. The first-order valence-electron chi connectivity index (χ1n) is 5.11. The van der Waals surface area contributed by atoms with Gasteiger partial charge < -0.3 is 24.9 Å². The summed E-state index contributed by atoms with van der Waals surface area (Å²) in [5, 5.41) is 31.9. The summed E-state index contributed by atoms with van der Waals surface area (Å²) in [5.74, 6) is -3.17. The molecule has 7 heteroatoms. The maximum absolute atomic E-state index is 11.0. The van der Waals surface area contributed by atoms with Gasteiger partial charge in [-0.3, -0.25) is 0 Å². The van der Waals surface area contributed by atoms with Crippen LogP contribution < -0.4 is 69.3 Å². The zero-order valence-corrected chi connectivity index (χ0v) is 15.4. The summed E-state index contributed by atoms with van der Waals surface area (Å²) in [6.07, 6.45) is 0. The van der Waals surface area contributed by atoms with Gasteiger partial charge in [0.25, 0.3) is 0 Å². The molecular formula is C13H8Na2O5. The van der Waals surface area contributed by atoms with Gasteiger partial charge in [-0.1, -0.05) is 18.2 Å². The van der Waals surface area contributed by atoms with Crippen LogP contribution in [0.2, 0.25) is 0 Å². The number of hydrogen-bond acceptors (Lipinski definition) is 5. The van der Waals surface area contributed by atoms with Gasteiger partial charge in [-0.15, -0.1) is 0 Å². The van der Waals surface area contributed by atoms with Gasteiger partial charge in [0.1, 0.15) is 5.75 Å². The van der Waals surface area contributed by atoms with E-state index in [1.165, 1.54) is 31.2 Å². The third kappa shape index (κ3) is 3.36. The van der Waals surface area contributed by atoms with Gasteiger partial charge in [0.05, 0.1) is 11.9 Å². The van der Waals surface area contributed by atoms with Gasteiger partial charge in [0.15, 0.2) is 0 Å². The maximum Gasteiger partial charge on any atom is 1.00 e. The Kier molecular flexibility index (Phi) is 7.24. The minimum atomic E-state index is -1.51. The molecule has 5 nitrogen and oxygen atoms in total. The average Bonchev–Trinajstić information content (AvgIpc) is 2.32. The number of hydrogen-bond donors (Lipinski definition) is 1. The molecule has 20 heavy (non-hydrogen) atoms. The maximum atomic E-state index is 11.0. The Labute approximate surface area is 159 Å². The SMILES string of the molecule is Cc1cc(C(=O)[O-])c2c(C(=O)[O-])cccc2c1O.[Na+].[Na+]. The van der Waals surface area contributed by atoms with Gasteiger partial charge >= 0.3 is 59.1 Å². The number of aryl methyl sites for hydroxylation is 1. The van der Waals surface area contributed by atoms with Crippen molar-refractivity contribution in [2.24, 2.45) is 0 Å². The predicted molar refractivity (Wildman–Crippen MR) is 59.0 cm³/mol. The molecule has 0 aromatic heterocycles. The standard InChI is InChI=1S/C13H10O5.2Na/c1-6-5-9(13(17)18)10-7(11(6)14)3-2-4-8(10)12(15)16;;/h2-5,14H,1H3,(H,15,16)(H,17,18);;/q;2*+1/p-2. The van der Waals surface area contributed by atoms with Gasteiger partial charge in [0, 0.05) is 21.9 Å². The van der Waals surface area contributed by atoms with Crippen LogP contribution in [0.15, 0.2) is 24.3 Å². The number of carbonyl (C=O) groups is 2. The van der Waals surface area contributed by atoms with Crippen LogP contribution in [0.4, 0.5) is 0 Å². The summed E-state index contributed by atoms with van der Waals surface area (Å²) in [6, 6.07) is 5.25. The van der Waals surface area contributed by atoms with Crippen molar-refractivity contribution >= 4 is 22.7 Å². The predicted octanol–water partition coefficient (Wildman–Crippen LogP) is -6.41. The molecule has 0 atom stereocenters. The van der Waals surface area contributed by atoms with Gasteiger partial charge in [-0.25, -0.2) is 0 Å². The smallest absolute Gasteiger partial charge is 0.545 e. The number of benzene rings is 2. The number of phenols is 1. The van der Waals surface area contributed by atoms with Crippen LogP contribution in [0.1, 0.15) is 26.3 Å². The van der Waals surface area contributed by atoms with E-state index in [0.717, 1.165) is 0 Å². The van der Waals surface area contributed by atoms with E-state index in [-0.39, 0.29) is 86.8 Å². The van der Waals surface area contributed by atoms with E-state index in [9.17, 15) is 24.9 Å². The Morgan fingerprint density at radius 1 is 1.05 bits per heavy atom. The molecule has 0 spiro atoms. The summed E-state index contributed by atoms with van der Waals surface area (Å²) < 4.78 is 0. The second kappa shape index (κ2) is 7.45. The molecule has 0 aliphatic carbocycles. The normalized spacial score (nSPS) is 9.45. The second-order valence-electron chi connectivity index (χ2n) is 3.89. The largest absolute Gasteiger partial charge is 1.00 e. The van der Waals surface area contributed by atoms with E-state index < -0.39 is 11.9 Å². The molecule has 0 radical (unpaired) electrons. The van der Waals surface area contributed by atoms with Crippen LogP contribution >= 0.6 is 0 Å². The molecule has 0 saturated carbocycles. The monoisotopic (exact) mass is 290 g/mol. The van der Waals surface area contributed by atoms with Crippen LogP contribution in [-0.4, -0.2) is 17.0 Å². The Morgan fingerprint density at radius 2 is 1.60 bits per heavy atom. The fourth-order valence-corrected chi connectivity index (χ4v) is 1.94. The molecule has 0 aliphatic rings. The zero-order chi connectivity index (χ0) is 13.4. The van der Waals surface area contributed by atoms with Crippen molar-refractivity contribution in [2.45, 2.75) is 6.92 Å². The molecular weight excluding hydrogens is 282 g/mol. The Morgan fingerprint density at radius 3 is 2.10 bits per heavy atom. The summed E-state index contributed by atoms with van der Waals surface area (Å²) in [6.45, 7) is 1.52. The van der Waals surface area contributed by atoms with Crippen molar-refractivity contribution in [1.82, 2.24) is 0 Å². The first kappa shape index (κ1) is 19.4. The van der Waals surface area contributed by atoms with Crippen LogP contribution in [0.25, 0.3) is 10.8 Å². The number of aromatic hydroxyl groups is 1. The van der Waals surface area contributed by atoms with Crippen molar-refractivity contribution in [3.8, 4) is 5.75 Å². The summed E-state index contributed by atoms with van der Waals surface area (Å²) in [7, 11) is 0. The molecule has 0 bridgehead atoms. The number of fused-ring (bicyclic) bond motifs is 1. The number of rotatable bonds is 2. The molecule has 1 N–H and O–H groups in total. The Hall–Kier alpha value is -0.560. The van der Waals surface area contributed by atoms with Crippen LogP contribution in [0.5, 0.6) is 5.75 Å². The summed E-state index contributed by atoms with van der Waals surface area (Å²) in [4.78, 5) is 22.0. The topological polar surface area (TPSA) is 100 Å². The third-order valence-corrected chi connectivity index (χ3v) is 2.76. The molecule has 0 saturated heterocycles. The number of carbonyl (C=O) groups excluding carboxylic acids is 2. The molecule has 0 aliphatic heterocycles. The molecule has 2 rings (SSSR count). The summed E-state index contributed by atoms with van der Waals surface area (Å²) >= 11 is 0. The number of carboxylic acid groups (broad SMARTS) is 2. The fraction of sp³-hybridized carbons (Fsp3) is 0.0769. The van der Waals surface area contributed by atoms with Crippen molar-refractivity contribution < 1.29 is 84.0 Å². The second-order valence-corrected chi connectivity index (χ2v) is 3.89. The Bertz CT molecular complexity index is 682. The minimum absolute atomic E-state index is 0. The molecule has 2 aromatic carbocycles. The molecule has 92 valence electrons. The number of phenolic OH excluding ortho intramolecular Hbond substituents is 1. The first-order chi connectivity index (χ1) is 8.43. The van der Waals surface area contributed by atoms with E-state index in [2.05, 4.69) is 0 Å². The molecule has 2 aromatic rings. The van der Waals surface area contributed by atoms with Crippen LogP contribution in [-0.2, 0) is 0 Å². The van der Waals surface area contributed by atoms with Crippen LogP contribution in [0, 0.1) is 6.92 Å². The van der Waals surface area contributed by atoms with E-state index in [0.29, 0.717) is 5.56 Å². The van der Waals surface area contributed by atoms with Gasteiger partial charge in [-0.05, 0) is 18.6 Å². The molecule has 0 amide bonds. The van der Waals surface area contributed by atoms with Crippen LogP contribution in [0.3, 0.4) is 0 Å². The zero-order valence-electron chi connectivity index (χ0n) is 11.4. The quantitative estimate of drug-likeness (QED) is 0.554. The van der Waals surface area contributed by atoms with E-state index in [1.807, 2.05) is 0 Å². The van der Waals surface area contributed by atoms with E-state index in [1.54, 1.807) is 0 Å². The van der Waals surface area contributed by atoms with Crippen molar-refractivity contribution in [3.05, 3.63) is 41.0 Å². The average molecular weight is 290 g/mol.